The first-order chi connectivity index (χ1) is 9.85. The number of hydrogen-bond donors (Lipinski definition) is 2. The molecule has 0 atom stereocenters. The van der Waals surface area contributed by atoms with Gasteiger partial charge in [0, 0.05) is 18.3 Å². The fourth-order valence-electron chi connectivity index (χ4n) is 1.89. The van der Waals surface area contributed by atoms with Crippen LogP contribution in [0.5, 0.6) is 0 Å². The van der Waals surface area contributed by atoms with Crippen LogP contribution in [0, 0.1) is 12.7 Å². The van der Waals surface area contributed by atoms with Crippen molar-refractivity contribution in [1.29, 1.82) is 0 Å². The summed E-state index contributed by atoms with van der Waals surface area (Å²) in [6, 6.07) is 4.19. The molecule has 0 fully saturated rings. The van der Waals surface area contributed by atoms with Gasteiger partial charge in [-0.05, 0) is 25.5 Å². The van der Waals surface area contributed by atoms with E-state index in [1.807, 2.05) is 6.92 Å². The maximum Gasteiger partial charge on any atom is 0.267 e. The fourth-order valence-corrected chi connectivity index (χ4v) is 3.08. The number of sulfonamides is 1. The van der Waals surface area contributed by atoms with Crippen molar-refractivity contribution in [3.8, 4) is 0 Å². The second-order valence-electron chi connectivity index (χ2n) is 4.66. The van der Waals surface area contributed by atoms with E-state index in [1.54, 1.807) is 0 Å². The number of halogens is 1. The number of benzene rings is 1. The number of rotatable bonds is 5. The Morgan fingerprint density at radius 1 is 1.43 bits per heavy atom. The van der Waals surface area contributed by atoms with Crippen LogP contribution < -0.4 is 10.5 Å². The quantitative estimate of drug-likeness (QED) is 0.885. The second-order valence-corrected chi connectivity index (χ2v) is 6.31. The van der Waals surface area contributed by atoms with Crippen molar-refractivity contribution in [3.05, 3.63) is 35.8 Å². The number of nitrogen functional groups attached to an aromatic ring is 1. The zero-order valence-corrected chi connectivity index (χ0v) is 12.6. The molecule has 0 aliphatic heterocycles. The summed E-state index contributed by atoms with van der Waals surface area (Å²) in [6.07, 6.45) is 2.17. The predicted molar refractivity (Wildman–Crippen MR) is 78.9 cm³/mol. The lowest BCUT2D eigenvalue weighted by Crippen LogP contribution is -2.15. The van der Waals surface area contributed by atoms with Crippen molar-refractivity contribution in [1.82, 2.24) is 9.78 Å². The number of nitrogens with one attached hydrogen (secondary N) is 1. The minimum Gasteiger partial charge on any atom is -0.381 e. The maximum absolute atomic E-state index is 13.5. The molecule has 0 saturated heterocycles. The summed E-state index contributed by atoms with van der Waals surface area (Å²) in [4.78, 5) is -0.111. The van der Waals surface area contributed by atoms with Crippen LogP contribution in [0.2, 0.25) is 0 Å². The van der Waals surface area contributed by atoms with Gasteiger partial charge in [0.15, 0.2) is 5.82 Å². The lowest BCUT2D eigenvalue weighted by molar-refractivity contribution is 0.595. The third-order valence-corrected chi connectivity index (χ3v) is 4.39. The molecule has 0 saturated carbocycles. The molecule has 8 heteroatoms. The van der Waals surface area contributed by atoms with E-state index in [1.165, 1.54) is 36.0 Å². The maximum atomic E-state index is 13.5. The van der Waals surface area contributed by atoms with E-state index in [-0.39, 0.29) is 22.0 Å². The molecule has 1 heterocycles. The van der Waals surface area contributed by atoms with Gasteiger partial charge in [-0.2, -0.15) is 5.10 Å². The molecule has 1 aromatic heterocycles. The number of nitrogens with zero attached hydrogens (tertiary/aromatic N) is 2. The van der Waals surface area contributed by atoms with E-state index in [4.69, 9.17) is 5.73 Å². The zero-order chi connectivity index (χ0) is 15.6. The molecule has 0 aliphatic rings. The van der Waals surface area contributed by atoms with E-state index in [0.29, 0.717) is 6.54 Å². The fraction of sp³-hybridized carbons (Fsp3) is 0.308. The Labute approximate surface area is 122 Å². The summed E-state index contributed by atoms with van der Waals surface area (Å²) in [5, 5.41) is 3.95. The van der Waals surface area contributed by atoms with Gasteiger partial charge in [0.25, 0.3) is 10.0 Å². The van der Waals surface area contributed by atoms with Crippen LogP contribution in [0.15, 0.2) is 29.3 Å². The normalized spacial score (nSPS) is 11.6. The predicted octanol–water partition coefficient (Wildman–Crippen LogP) is 2.12. The Kier molecular flexibility index (Phi) is 4.17. The minimum atomic E-state index is -3.91. The number of anilines is 2. The molecule has 0 bridgehead atoms. The van der Waals surface area contributed by atoms with Crippen molar-refractivity contribution in [3.63, 3.8) is 0 Å². The van der Waals surface area contributed by atoms with Gasteiger partial charge >= 0.3 is 0 Å². The molecule has 0 radical (unpaired) electrons. The Morgan fingerprint density at radius 3 is 2.81 bits per heavy atom. The molecule has 1 aromatic carbocycles. The number of aromatic nitrogens is 2. The molecular formula is C13H17FN4O2S. The SMILES string of the molecule is CCCn1cc(S(=O)(=O)Nc2cccc(F)c2C)c(N)n1. The Morgan fingerprint density at radius 2 is 2.14 bits per heavy atom. The third kappa shape index (κ3) is 3.15. The van der Waals surface area contributed by atoms with Crippen LogP contribution >= 0.6 is 0 Å². The van der Waals surface area contributed by atoms with E-state index < -0.39 is 15.8 Å². The third-order valence-electron chi connectivity index (χ3n) is 3.01. The van der Waals surface area contributed by atoms with E-state index in [2.05, 4.69) is 9.82 Å². The van der Waals surface area contributed by atoms with Crippen molar-refractivity contribution >= 4 is 21.5 Å². The average Bonchev–Trinajstić information content (AvgIpc) is 2.77. The molecule has 114 valence electrons. The molecule has 0 aliphatic carbocycles. The first-order valence-electron chi connectivity index (χ1n) is 6.46. The van der Waals surface area contributed by atoms with E-state index in [0.717, 1.165) is 6.42 Å². The summed E-state index contributed by atoms with van der Waals surface area (Å²) in [6.45, 7) is 4.01. The van der Waals surface area contributed by atoms with Crippen LogP contribution in [-0.4, -0.2) is 18.2 Å². The van der Waals surface area contributed by atoms with Crippen molar-refractivity contribution in [2.24, 2.45) is 0 Å². The van der Waals surface area contributed by atoms with Crippen LogP contribution in [-0.2, 0) is 16.6 Å². The Hall–Kier alpha value is -2.09. The van der Waals surface area contributed by atoms with Gasteiger partial charge in [0.1, 0.15) is 10.7 Å². The van der Waals surface area contributed by atoms with Gasteiger partial charge < -0.3 is 5.73 Å². The summed E-state index contributed by atoms with van der Waals surface area (Å²) >= 11 is 0. The average molecular weight is 312 g/mol. The Balaban J connectivity index is 2.36. The molecule has 2 rings (SSSR count). The van der Waals surface area contributed by atoms with Crippen molar-refractivity contribution in [2.45, 2.75) is 31.7 Å². The summed E-state index contributed by atoms with van der Waals surface area (Å²) in [5.41, 5.74) is 6.06. The summed E-state index contributed by atoms with van der Waals surface area (Å²) < 4.78 is 42.0. The summed E-state index contributed by atoms with van der Waals surface area (Å²) in [5.74, 6) is -0.560. The molecule has 0 spiro atoms. The number of nitrogens with two attached hydrogens (primary N) is 1. The molecule has 21 heavy (non-hydrogen) atoms. The molecule has 0 unspecified atom stereocenters. The lowest BCUT2D eigenvalue weighted by atomic mass is 10.2. The van der Waals surface area contributed by atoms with Crippen molar-refractivity contribution < 1.29 is 12.8 Å². The van der Waals surface area contributed by atoms with Crippen LogP contribution in [0.3, 0.4) is 0 Å². The molecule has 3 N–H and O–H groups in total. The molecule has 6 nitrogen and oxygen atoms in total. The standard InChI is InChI=1S/C13H17FN4O2S/c1-3-7-18-8-12(13(15)16-18)21(19,20)17-11-6-4-5-10(14)9(11)2/h4-6,8,17H,3,7H2,1-2H3,(H2,15,16). The lowest BCUT2D eigenvalue weighted by Gasteiger charge is -2.10. The summed E-state index contributed by atoms with van der Waals surface area (Å²) in [7, 11) is -3.91. The highest BCUT2D eigenvalue weighted by Crippen LogP contribution is 2.24. The first kappa shape index (κ1) is 15.3. The molecule has 0 amide bonds. The van der Waals surface area contributed by atoms with Crippen LogP contribution in [0.4, 0.5) is 15.9 Å². The highest BCUT2D eigenvalue weighted by Gasteiger charge is 2.22. The Bertz CT molecular complexity index is 756. The van der Waals surface area contributed by atoms with E-state index in [9.17, 15) is 12.8 Å². The molecular weight excluding hydrogens is 295 g/mol. The number of hydrogen-bond acceptors (Lipinski definition) is 4. The van der Waals surface area contributed by atoms with Gasteiger partial charge in [0.2, 0.25) is 0 Å². The highest BCUT2D eigenvalue weighted by atomic mass is 32.2. The van der Waals surface area contributed by atoms with Crippen LogP contribution in [0.1, 0.15) is 18.9 Å². The van der Waals surface area contributed by atoms with Crippen molar-refractivity contribution in [2.75, 3.05) is 10.5 Å². The smallest absolute Gasteiger partial charge is 0.267 e. The largest absolute Gasteiger partial charge is 0.381 e. The zero-order valence-electron chi connectivity index (χ0n) is 11.8. The minimum absolute atomic E-state index is 0.0787. The monoisotopic (exact) mass is 312 g/mol. The van der Waals surface area contributed by atoms with Crippen LogP contribution in [0.25, 0.3) is 0 Å². The highest BCUT2D eigenvalue weighted by molar-refractivity contribution is 7.92. The topological polar surface area (TPSA) is 90.0 Å². The van der Waals surface area contributed by atoms with Gasteiger partial charge in [0.05, 0.1) is 5.69 Å². The van der Waals surface area contributed by atoms with Gasteiger partial charge in [-0.3, -0.25) is 9.40 Å². The first-order valence-corrected chi connectivity index (χ1v) is 7.94. The second kappa shape index (κ2) is 5.72. The molecule has 2 aromatic rings. The van der Waals surface area contributed by atoms with Gasteiger partial charge in [-0.15, -0.1) is 0 Å². The van der Waals surface area contributed by atoms with Gasteiger partial charge in [-0.1, -0.05) is 13.0 Å². The van der Waals surface area contributed by atoms with E-state index >= 15 is 0 Å². The van der Waals surface area contributed by atoms with Gasteiger partial charge in [-0.25, -0.2) is 12.8 Å². The number of aryl methyl sites for hydroxylation is 1.